The van der Waals surface area contributed by atoms with E-state index in [0.29, 0.717) is 22.4 Å². The third-order valence-corrected chi connectivity index (χ3v) is 5.22. The van der Waals surface area contributed by atoms with Crippen LogP contribution in [0.15, 0.2) is 59.6 Å². The van der Waals surface area contributed by atoms with Crippen molar-refractivity contribution in [1.82, 2.24) is 4.90 Å². The van der Waals surface area contributed by atoms with Crippen molar-refractivity contribution in [2.24, 2.45) is 4.99 Å². The van der Waals surface area contributed by atoms with Crippen molar-refractivity contribution in [3.05, 3.63) is 65.2 Å². The summed E-state index contributed by atoms with van der Waals surface area (Å²) < 4.78 is 5.21. The number of hydrogen-bond acceptors (Lipinski definition) is 4. The van der Waals surface area contributed by atoms with Gasteiger partial charge in [0.25, 0.3) is 5.91 Å². The van der Waals surface area contributed by atoms with E-state index in [1.54, 1.807) is 42.0 Å². The van der Waals surface area contributed by atoms with Crippen molar-refractivity contribution in [2.75, 3.05) is 19.4 Å². The Morgan fingerprint density at radius 1 is 1.27 bits per heavy atom. The van der Waals surface area contributed by atoms with Crippen LogP contribution < -0.4 is 4.74 Å². The summed E-state index contributed by atoms with van der Waals surface area (Å²) in [5, 5.41) is 1.26. The lowest BCUT2D eigenvalue weighted by Gasteiger charge is -2.26. The monoisotopic (exact) mass is 386 g/mol. The van der Waals surface area contributed by atoms with Gasteiger partial charge in [0.05, 0.1) is 17.8 Å². The molecule has 4 nitrogen and oxygen atoms in total. The molecule has 2 aromatic rings. The Labute approximate surface area is 162 Å². The Morgan fingerprint density at radius 2 is 2.12 bits per heavy atom. The quantitative estimate of drug-likeness (QED) is 0.693. The first-order valence-electron chi connectivity index (χ1n) is 8.27. The predicted molar refractivity (Wildman–Crippen MR) is 109 cm³/mol. The van der Waals surface area contributed by atoms with E-state index in [4.69, 9.17) is 16.3 Å². The highest BCUT2D eigenvalue weighted by molar-refractivity contribution is 8.13. The molecule has 1 fully saturated rings. The van der Waals surface area contributed by atoms with Crippen LogP contribution in [-0.4, -0.2) is 35.4 Å². The molecule has 2 aromatic carbocycles. The number of hydrogen-bond donors (Lipinski definition) is 0. The molecule has 1 saturated heterocycles. The molecule has 0 saturated carbocycles. The minimum atomic E-state index is -0.0918. The minimum Gasteiger partial charge on any atom is -0.497 e. The number of amidine groups is 1. The average Bonchev–Trinajstić information content (AvgIpc) is 2.68. The molecule has 0 aliphatic carbocycles. The number of amides is 1. The molecule has 1 amide bonds. The number of nitrogens with zero attached hydrogens (tertiary/aromatic N) is 2. The van der Waals surface area contributed by atoms with E-state index in [9.17, 15) is 4.79 Å². The van der Waals surface area contributed by atoms with Gasteiger partial charge < -0.3 is 4.74 Å². The Morgan fingerprint density at radius 3 is 2.92 bits per heavy atom. The van der Waals surface area contributed by atoms with Crippen LogP contribution in [0.3, 0.4) is 0 Å². The molecule has 0 unspecified atom stereocenters. The number of benzene rings is 2. The number of para-hydroxylation sites is 1. The van der Waals surface area contributed by atoms with Crippen LogP contribution in [0.4, 0.5) is 5.69 Å². The molecule has 6 heteroatoms. The zero-order chi connectivity index (χ0) is 18.4. The molecule has 0 spiro atoms. The summed E-state index contributed by atoms with van der Waals surface area (Å²) in [7, 11) is 1.62. The maximum absolute atomic E-state index is 12.7. The summed E-state index contributed by atoms with van der Waals surface area (Å²) in [6, 6.07) is 15.0. The molecule has 1 aliphatic heterocycles. The first kappa shape index (κ1) is 18.5. The van der Waals surface area contributed by atoms with Crippen LogP contribution in [0.2, 0.25) is 5.02 Å². The van der Waals surface area contributed by atoms with Gasteiger partial charge in [0, 0.05) is 18.4 Å². The number of ether oxygens (including phenoxy) is 1. The van der Waals surface area contributed by atoms with Crippen molar-refractivity contribution in [2.45, 2.75) is 6.42 Å². The molecule has 0 N–H and O–H groups in total. The van der Waals surface area contributed by atoms with Gasteiger partial charge in [-0.3, -0.25) is 9.69 Å². The molecule has 134 valence electrons. The minimum absolute atomic E-state index is 0.0918. The van der Waals surface area contributed by atoms with Gasteiger partial charge in [0.1, 0.15) is 5.75 Å². The summed E-state index contributed by atoms with van der Waals surface area (Å²) in [6.45, 7) is 0.650. The molecular weight excluding hydrogens is 368 g/mol. The van der Waals surface area contributed by atoms with Crippen LogP contribution in [-0.2, 0) is 4.79 Å². The molecule has 1 heterocycles. The summed E-state index contributed by atoms with van der Waals surface area (Å²) in [4.78, 5) is 19.0. The fraction of sp³-hybridized carbons (Fsp3) is 0.200. The van der Waals surface area contributed by atoms with Gasteiger partial charge >= 0.3 is 0 Å². The molecule has 0 bridgehead atoms. The Hall–Kier alpha value is -2.24. The Balaban J connectivity index is 1.79. The zero-order valence-corrected chi connectivity index (χ0v) is 16.0. The normalized spacial score (nSPS) is 16.2. The third-order valence-electron chi connectivity index (χ3n) is 3.83. The van der Waals surface area contributed by atoms with Crippen molar-refractivity contribution in [3.8, 4) is 5.75 Å². The van der Waals surface area contributed by atoms with Crippen LogP contribution in [0.1, 0.15) is 12.0 Å². The van der Waals surface area contributed by atoms with Gasteiger partial charge in [0.15, 0.2) is 5.17 Å². The van der Waals surface area contributed by atoms with Crippen molar-refractivity contribution >= 4 is 46.2 Å². The number of halogens is 1. The first-order chi connectivity index (χ1) is 12.7. The number of rotatable bonds is 4. The number of carbonyl (C=O) groups is 1. The van der Waals surface area contributed by atoms with Crippen molar-refractivity contribution in [1.29, 1.82) is 0 Å². The molecule has 0 radical (unpaired) electrons. The van der Waals surface area contributed by atoms with Gasteiger partial charge in [0.2, 0.25) is 0 Å². The molecule has 26 heavy (non-hydrogen) atoms. The van der Waals surface area contributed by atoms with E-state index in [-0.39, 0.29) is 5.91 Å². The van der Waals surface area contributed by atoms with Crippen LogP contribution in [0.5, 0.6) is 5.75 Å². The average molecular weight is 387 g/mol. The van der Waals surface area contributed by atoms with E-state index < -0.39 is 0 Å². The maximum Gasteiger partial charge on any atom is 0.252 e. The van der Waals surface area contributed by atoms with Gasteiger partial charge in [-0.1, -0.05) is 47.6 Å². The smallest absolute Gasteiger partial charge is 0.252 e. The topological polar surface area (TPSA) is 41.9 Å². The van der Waals surface area contributed by atoms with Crippen molar-refractivity contribution in [3.63, 3.8) is 0 Å². The standard InChI is InChI=1S/C20H19ClN2O2S/c1-25-16-7-4-6-15(14-16)10-11-19(24)23-12-5-13-26-20(23)22-18-9-3-2-8-17(18)21/h2-4,6-11,14H,5,12-13H2,1H3/b11-10+,22-20?. The van der Waals surface area contributed by atoms with Crippen LogP contribution in [0, 0.1) is 0 Å². The largest absolute Gasteiger partial charge is 0.497 e. The SMILES string of the molecule is COc1cccc(/C=C/C(=O)N2CCCSC2=Nc2ccccc2Cl)c1. The molecule has 1 aliphatic rings. The third kappa shape index (κ3) is 4.68. The highest BCUT2D eigenvalue weighted by Gasteiger charge is 2.22. The van der Waals surface area contributed by atoms with E-state index in [0.717, 1.165) is 23.5 Å². The van der Waals surface area contributed by atoms with Crippen LogP contribution in [0.25, 0.3) is 6.08 Å². The first-order valence-corrected chi connectivity index (χ1v) is 9.63. The predicted octanol–water partition coefficient (Wildman–Crippen LogP) is 5.02. The van der Waals surface area contributed by atoms with E-state index in [2.05, 4.69) is 4.99 Å². The van der Waals surface area contributed by atoms with Gasteiger partial charge in [-0.15, -0.1) is 0 Å². The van der Waals surface area contributed by atoms with Gasteiger partial charge in [-0.05, 0) is 42.3 Å². The fourth-order valence-corrected chi connectivity index (χ4v) is 3.64. The molecule has 3 rings (SSSR count). The number of methoxy groups -OCH3 is 1. The van der Waals surface area contributed by atoms with E-state index in [1.165, 1.54) is 0 Å². The Kier molecular flexibility index (Phi) is 6.36. The molecule has 0 atom stereocenters. The summed E-state index contributed by atoms with van der Waals surface area (Å²) >= 11 is 7.77. The molecular formula is C20H19ClN2O2S. The number of thioether (sulfide) groups is 1. The lowest BCUT2D eigenvalue weighted by atomic mass is 10.2. The van der Waals surface area contributed by atoms with Crippen LogP contribution >= 0.6 is 23.4 Å². The highest BCUT2D eigenvalue weighted by Crippen LogP contribution is 2.28. The van der Waals surface area contributed by atoms with Crippen molar-refractivity contribution < 1.29 is 9.53 Å². The lowest BCUT2D eigenvalue weighted by molar-refractivity contribution is -0.122. The molecule has 0 aromatic heterocycles. The summed E-state index contributed by atoms with van der Waals surface area (Å²) in [5.74, 6) is 1.60. The maximum atomic E-state index is 12.7. The number of carbonyl (C=O) groups excluding carboxylic acids is 1. The van der Waals surface area contributed by atoms with Gasteiger partial charge in [-0.2, -0.15) is 0 Å². The highest BCUT2D eigenvalue weighted by atomic mass is 35.5. The zero-order valence-electron chi connectivity index (χ0n) is 14.4. The fourth-order valence-electron chi connectivity index (χ4n) is 2.50. The summed E-state index contributed by atoms with van der Waals surface area (Å²) in [5.41, 5.74) is 1.58. The van der Waals surface area contributed by atoms with E-state index in [1.807, 2.05) is 42.5 Å². The van der Waals surface area contributed by atoms with Gasteiger partial charge in [-0.25, -0.2) is 4.99 Å². The second kappa shape index (κ2) is 8.92. The number of aliphatic imine (C=N–C) groups is 1. The second-order valence-electron chi connectivity index (χ2n) is 5.65. The summed E-state index contributed by atoms with van der Waals surface area (Å²) in [6.07, 6.45) is 4.30. The van der Waals surface area contributed by atoms with E-state index >= 15 is 0 Å². The lowest BCUT2D eigenvalue weighted by Crippen LogP contribution is -2.38. The Bertz CT molecular complexity index is 851. The second-order valence-corrected chi connectivity index (χ2v) is 7.12.